The van der Waals surface area contributed by atoms with Gasteiger partial charge in [0.25, 0.3) is 0 Å². The fourth-order valence-corrected chi connectivity index (χ4v) is 2.45. The second-order valence-electron chi connectivity index (χ2n) is 4.93. The van der Waals surface area contributed by atoms with Crippen molar-refractivity contribution in [2.45, 2.75) is 33.1 Å². The van der Waals surface area contributed by atoms with E-state index in [2.05, 4.69) is 37.1 Å². The summed E-state index contributed by atoms with van der Waals surface area (Å²) >= 11 is 12.5. The van der Waals surface area contributed by atoms with E-state index < -0.39 is 0 Å². The van der Waals surface area contributed by atoms with Gasteiger partial charge in [-0.1, -0.05) is 44.0 Å². The Balaban J connectivity index is 2.65. The normalized spacial score (nSPS) is 11.3. The molecule has 0 aliphatic heterocycles. The largest absolute Gasteiger partial charge is 0.370 e. The molecular formula is C15H18Cl2N2. The molecule has 0 spiro atoms. The zero-order valence-corrected chi connectivity index (χ0v) is 12.9. The van der Waals surface area contributed by atoms with Gasteiger partial charge in [0.1, 0.15) is 5.82 Å². The minimum Gasteiger partial charge on any atom is -0.370 e. The number of hydrogen-bond acceptors (Lipinski definition) is 2. The number of pyridine rings is 1. The van der Waals surface area contributed by atoms with Gasteiger partial charge in [-0.2, -0.15) is 0 Å². The predicted octanol–water partition coefficient (Wildman–Crippen LogP) is 5.49. The summed E-state index contributed by atoms with van der Waals surface area (Å²) in [5.74, 6) is 1.29. The first-order valence-corrected chi connectivity index (χ1v) is 7.32. The Morgan fingerprint density at radius 2 is 1.89 bits per heavy atom. The van der Waals surface area contributed by atoms with Gasteiger partial charge in [-0.3, -0.25) is 0 Å². The monoisotopic (exact) mass is 296 g/mol. The molecule has 1 aromatic heterocycles. The molecule has 0 atom stereocenters. The van der Waals surface area contributed by atoms with Crippen LogP contribution in [-0.2, 0) is 0 Å². The highest BCUT2D eigenvalue weighted by Gasteiger charge is 2.13. The van der Waals surface area contributed by atoms with E-state index in [1.807, 2.05) is 6.07 Å². The Labute approximate surface area is 124 Å². The summed E-state index contributed by atoms with van der Waals surface area (Å²) in [5.41, 5.74) is 1.93. The van der Waals surface area contributed by atoms with E-state index in [1.54, 1.807) is 6.07 Å². The maximum atomic E-state index is 6.24. The van der Waals surface area contributed by atoms with Crippen molar-refractivity contribution in [3.8, 4) is 0 Å². The standard InChI is InChI=1S/C15H18Cl2N2/c1-4-7-18-15-10(9(2)3)8-11-12(16)5-6-13(17)14(11)19-15/h5-6,8-9H,4,7H2,1-3H3,(H,18,19). The zero-order chi connectivity index (χ0) is 14.0. The summed E-state index contributed by atoms with van der Waals surface area (Å²) in [6.45, 7) is 7.33. The molecule has 1 heterocycles. The first-order valence-electron chi connectivity index (χ1n) is 6.57. The van der Waals surface area contributed by atoms with Gasteiger partial charge in [0.2, 0.25) is 0 Å². The molecule has 2 rings (SSSR count). The van der Waals surface area contributed by atoms with Gasteiger partial charge in [0, 0.05) is 11.9 Å². The number of rotatable bonds is 4. The van der Waals surface area contributed by atoms with E-state index in [0.717, 1.165) is 29.7 Å². The lowest BCUT2D eigenvalue weighted by molar-refractivity contribution is 0.856. The van der Waals surface area contributed by atoms with Gasteiger partial charge in [-0.25, -0.2) is 4.98 Å². The van der Waals surface area contributed by atoms with E-state index in [-0.39, 0.29) is 0 Å². The highest BCUT2D eigenvalue weighted by atomic mass is 35.5. The Kier molecular flexibility index (Phi) is 4.54. The Hall–Kier alpha value is -0.990. The van der Waals surface area contributed by atoms with Crippen LogP contribution in [0.1, 0.15) is 38.7 Å². The summed E-state index contributed by atoms with van der Waals surface area (Å²) in [7, 11) is 0. The maximum Gasteiger partial charge on any atom is 0.130 e. The molecule has 0 fully saturated rings. The van der Waals surface area contributed by atoms with Crippen LogP contribution in [0.3, 0.4) is 0 Å². The number of nitrogens with one attached hydrogen (secondary N) is 1. The van der Waals surface area contributed by atoms with Gasteiger partial charge in [0.15, 0.2) is 0 Å². The predicted molar refractivity (Wildman–Crippen MR) is 84.6 cm³/mol. The van der Waals surface area contributed by atoms with Crippen molar-refractivity contribution >= 4 is 39.9 Å². The smallest absolute Gasteiger partial charge is 0.130 e. The third-order valence-corrected chi connectivity index (χ3v) is 3.71. The molecule has 0 radical (unpaired) electrons. The molecule has 1 N–H and O–H groups in total. The Morgan fingerprint density at radius 1 is 1.21 bits per heavy atom. The quantitative estimate of drug-likeness (QED) is 0.807. The van der Waals surface area contributed by atoms with Gasteiger partial charge in [-0.15, -0.1) is 0 Å². The summed E-state index contributed by atoms with van der Waals surface area (Å²) in [6.07, 6.45) is 1.06. The summed E-state index contributed by atoms with van der Waals surface area (Å²) in [6, 6.07) is 5.70. The van der Waals surface area contributed by atoms with Crippen molar-refractivity contribution in [3.63, 3.8) is 0 Å². The van der Waals surface area contributed by atoms with Crippen molar-refractivity contribution in [2.24, 2.45) is 0 Å². The molecule has 0 unspecified atom stereocenters. The van der Waals surface area contributed by atoms with Crippen LogP contribution in [0.25, 0.3) is 10.9 Å². The number of hydrogen-bond donors (Lipinski definition) is 1. The Morgan fingerprint density at radius 3 is 2.53 bits per heavy atom. The zero-order valence-electron chi connectivity index (χ0n) is 11.4. The molecule has 0 amide bonds. The van der Waals surface area contributed by atoms with Crippen LogP contribution in [-0.4, -0.2) is 11.5 Å². The minimum atomic E-state index is 0.381. The van der Waals surface area contributed by atoms with E-state index in [0.29, 0.717) is 16.0 Å². The average molecular weight is 297 g/mol. The van der Waals surface area contributed by atoms with E-state index >= 15 is 0 Å². The molecule has 102 valence electrons. The molecule has 19 heavy (non-hydrogen) atoms. The lowest BCUT2D eigenvalue weighted by atomic mass is 10.0. The summed E-state index contributed by atoms with van der Waals surface area (Å²) in [4.78, 5) is 4.67. The third kappa shape index (κ3) is 2.96. The van der Waals surface area contributed by atoms with Crippen LogP contribution in [0.4, 0.5) is 5.82 Å². The third-order valence-electron chi connectivity index (χ3n) is 3.08. The van der Waals surface area contributed by atoms with Crippen LogP contribution in [0, 0.1) is 0 Å². The van der Waals surface area contributed by atoms with Gasteiger partial charge >= 0.3 is 0 Å². The topological polar surface area (TPSA) is 24.9 Å². The highest BCUT2D eigenvalue weighted by molar-refractivity contribution is 6.39. The number of benzene rings is 1. The number of aromatic nitrogens is 1. The molecule has 2 aromatic rings. The van der Waals surface area contributed by atoms with Crippen LogP contribution >= 0.6 is 23.2 Å². The second-order valence-corrected chi connectivity index (χ2v) is 5.75. The first-order chi connectivity index (χ1) is 9.04. The van der Waals surface area contributed by atoms with Crippen molar-refractivity contribution in [1.82, 2.24) is 4.98 Å². The number of halogens is 2. The lowest BCUT2D eigenvalue weighted by Crippen LogP contribution is -2.06. The van der Waals surface area contributed by atoms with Gasteiger partial charge in [-0.05, 0) is 36.1 Å². The maximum absolute atomic E-state index is 6.24. The van der Waals surface area contributed by atoms with E-state index in [4.69, 9.17) is 23.2 Å². The van der Waals surface area contributed by atoms with Crippen LogP contribution < -0.4 is 5.32 Å². The molecule has 2 nitrogen and oxygen atoms in total. The first kappa shape index (κ1) is 14.4. The number of nitrogens with zero attached hydrogens (tertiary/aromatic N) is 1. The molecule has 1 aromatic carbocycles. The molecule has 0 aliphatic rings. The van der Waals surface area contributed by atoms with Crippen molar-refractivity contribution < 1.29 is 0 Å². The molecule has 4 heteroatoms. The molecule has 0 bridgehead atoms. The molecular weight excluding hydrogens is 279 g/mol. The van der Waals surface area contributed by atoms with Crippen LogP contribution in [0.5, 0.6) is 0 Å². The van der Waals surface area contributed by atoms with Crippen LogP contribution in [0.2, 0.25) is 10.0 Å². The second kappa shape index (κ2) is 5.98. The average Bonchev–Trinajstić information content (AvgIpc) is 2.39. The highest BCUT2D eigenvalue weighted by Crippen LogP contribution is 2.34. The van der Waals surface area contributed by atoms with Crippen molar-refractivity contribution in [1.29, 1.82) is 0 Å². The molecule has 0 saturated carbocycles. The SMILES string of the molecule is CCCNc1nc2c(Cl)ccc(Cl)c2cc1C(C)C. The fourth-order valence-electron chi connectivity index (χ4n) is 2.03. The fraction of sp³-hybridized carbons (Fsp3) is 0.400. The van der Waals surface area contributed by atoms with Gasteiger partial charge in [0.05, 0.1) is 15.6 Å². The minimum absolute atomic E-state index is 0.381. The van der Waals surface area contributed by atoms with Crippen LogP contribution in [0.15, 0.2) is 18.2 Å². The van der Waals surface area contributed by atoms with E-state index in [1.165, 1.54) is 5.56 Å². The van der Waals surface area contributed by atoms with Crippen molar-refractivity contribution in [2.75, 3.05) is 11.9 Å². The lowest BCUT2D eigenvalue weighted by Gasteiger charge is -2.15. The summed E-state index contributed by atoms with van der Waals surface area (Å²) in [5, 5.41) is 5.61. The van der Waals surface area contributed by atoms with Crippen molar-refractivity contribution in [3.05, 3.63) is 33.8 Å². The van der Waals surface area contributed by atoms with E-state index in [9.17, 15) is 0 Å². The summed E-state index contributed by atoms with van der Waals surface area (Å²) < 4.78 is 0. The molecule has 0 saturated heterocycles. The van der Waals surface area contributed by atoms with Gasteiger partial charge < -0.3 is 5.32 Å². The Bertz CT molecular complexity index is 594. The number of anilines is 1. The number of fused-ring (bicyclic) bond motifs is 1. The molecule has 0 aliphatic carbocycles.